The van der Waals surface area contributed by atoms with Crippen molar-refractivity contribution in [3.05, 3.63) is 46.4 Å². The van der Waals surface area contributed by atoms with Crippen LogP contribution in [0.1, 0.15) is 40.5 Å². The topological polar surface area (TPSA) is 128 Å². The van der Waals surface area contributed by atoms with Gasteiger partial charge in [-0.2, -0.15) is 35.2 Å². The van der Waals surface area contributed by atoms with Crippen LogP contribution in [-0.4, -0.2) is 41.3 Å². The van der Waals surface area contributed by atoms with Gasteiger partial charge in [-0.15, -0.1) is 0 Å². The number of hydrogen-bond donors (Lipinski definition) is 1. The second-order valence-corrected chi connectivity index (χ2v) is 10.6. The van der Waals surface area contributed by atoms with Crippen LogP contribution in [0.25, 0.3) is 22.1 Å². The molecule has 36 heavy (non-hydrogen) atoms. The summed E-state index contributed by atoms with van der Waals surface area (Å²) in [6, 6.07) is 12.8. The number of aromatic nitrogens is 6. The van der Waals surface area contributed by atoms with Crippen LogP contribution in [0.5, 0.6) is 0 Å². The summed E-state index contributed by atoms with van der Waals surface area (Å²) in [5.74, 6) is 0.845. The number of carbonyl (C=O) groups excluding carboxylic acids is 1. The number of nitriles is 1. The number of benzene rings is 2. The number of fused-ring (bicyclic) bond motifs is 2. The molecule has 0 bridgehead atoms. The molecule has 1 unspecified atom stereocenters. The molecule has 4 aromatic rings. The molecule has 4 rings (SSSR count). The lowest BCUT2D eigenvalue weighted by molar-refractivity contribution is -0.120. The summed E-state index contributed by atoms with van der Waals surface area (Å²) in [5, 5.41) is 27.5. The molecule has 2 heterocycles. The molecule has 0 saturated heterocycles. The predicted octanol–water partition coefficient (Wildman–Crippen LogP) is 5.05. The summed E-state index contributed by atoms with van der Waals surface area (Å²) in [6.45, 7) is 8.60. The minimum absolute atomic E-state index is 0.145. The molecular weight excluding hydrogens is 499 g/mol. The van der Waals surface area contributed by atoms with Gasteiger partial charge in [0.1, 0.15) is 34.2 Å². The smallest absolute Gasteiger partial charge is 0.156 e. The van der Waals surface area contributed by atoms with Crippen molar-refractivity contribution in [2.45, 2.75) is 59.2 Å². The number of nitrogens with zero attached hydrogens (tertiary/aromatic N) is 7. The summed E-state index contributed by atoms with van der Waals surface area (Å²) in [4.78, 5) is 14.6. The van der Waals surface area contributed by atoms with Crippen molar-refractivity contribution in [1.82, 2.24) is 30.0 Å². The molecule has 11 heteroatoms. The van der Waals surface area contributed by atoms with Crippen molar-refractivity contribution in [2.24, 2.45) is 17.6 Å². The van der Waals surface area contributed by atoms with E-state index in [9.17, 15) is 10.1 Å². The monoisotopic (exact) mass is 528 g/mol. The molecule has 0 fully saturated rings. The van der Waals surface area contributed by atoms with E-state index in [1.165, 1.54) is 9.59 Å². The van der Waals surface area contributed by atoms with Crippen LogP contribution in [0, 0.1) is 23.2 Å². The molecule has 0 saturated carbocycles. The molecule has 0 aliphatic rings. The third-order valence-electron chi connectivity index (χ3n) is 5.14. The van der Waals surface area contributed by atoms with Gasteiger partial charge in [0, 0.05) is 16.5 Å². The molecule has 0 spiro atoms. The highest BCUT2D eigenvalue weighted by Gasteiger charge is 2.27. The first-order valence-corrected chi connectivity index (χ1v) is 12.4. The van der Waals surface area contributed by atoms with Crippen molar-refractivity contribution in [3.63, 3.8) is 0 Å². The Bertz CT molecular complexity index is 1390. The largest absolute Gasteiger partial charge is 0.312 e. The zero-order valence-corrected chi connectivity index (χ0v) is 22.3. The maximum Gasteiger partial charge on any atom is 0.156 e. The molecule has 0 aliphatic heterocycles. The normalized spacial score (nSPS) is 13.0. The number of carbonyl (C=O) groups is 1. The van der Waals surface area contributed by atoms with Crippen molar-refractivity contribution in [3.8, 4) is 6.07 Å². The fraction of sp³-hybridized carbons (Fsp3) is 0.440. The fourth-order valence-electron chi connectivity index (χ4n) is 3.81. The maximum atomic E-state index is 11.6. The third kappa shape index (κ3) is 7.72. The van der Waals surface area contributed by atoms with E-state index in [4.69, 9.17) is 28.9 Å². The summed E-state index contributed by atoms with van der Waals surface area (Å²) in [7, 11) is 0. The Labute approximate surface area is 220 Å². The SMILES string of the molecule is CC(C)CC(=O)Cn1nc2ccc(Cl)cc2n1.CC(C)CC(N)(C#N)Cn1nc2ccc(Cl)cc2n1. The van der Waals surface area contributed by atoms with E-state index in [0.29, 0.717) is 40.2 Å². The first-order valence-electron chi connectivity index (χ1n) is 11.7. The Kier molecular flexibility index (Phi) is 9.01. The van der Waals surface area contributed by atoms with Crippen LogP contribution >= 0.6 is 23.2 Å². The highest BCUT2D eigenvalue weighted by atomic mass is 35.5. The second kappa shape index (κ2) is 11.8. The molecule has 2 aromatic carbocycles. The van der Waals surface area contributed by atoms with Gasteiger partial charge in [0.25, 0.3) is 0 Å². The summed E-state index contributed by atoms with van der Waals surface area (Å²) in [6.07, 6.45) is 1.15. The maximum absolute atomic E-state index is 11.6. The molecule has 0 radical (unpaired) electrons. The van der Waals surface area contributed by atoms with E-state index in [1.807, 2.05) is 27.7 Å². The van der Waals surface area contributed by atoms with E-state index >= 15 is 0 Å². The molecule has 0 amide bonds. The van der Waals surface area contributed by atoms with Crippen LogP contribution in [0.3, 0.4) is 0 Å². The Morgan fingerprint density at radius 3 is 1.92 bits per heavy atom. The van der Waals surface area contributed by atoms with Crippen LogP contribution < -0.4 is 5.73 Å². The van der Waals surface area contributed by atoms with Gasteiger partial charge < -0.3 is 5.73 Å². The van der Waals surface area contributed by atoms with E-state index in [1.54, 1.807) is 36.4 Å². The van der Waals surface area contributed by atoms with Gasteiger partial charge >= 0.3 is 0 Å². The van der Waals surface area contributed by atoms with Gasteiger partial charge in [-0.3, -0.25) is 4.79 Å². The lowest BCUT2D eigenvalue weighted by atomic mass is 9.91. The highest BCUT2D eigenvalue weighted by molar-refractivity contribution is 6.31. The Balaban J connectivity index is 0.000000202. The standard InChI is InChI=1S/C13H16ClN5.C12H14ClN3O/c1-9(2)6-13(16,7-15)8-19-17-11-4-3-10(14)5-12(11)18-19;1-8(2)5-10(17)7-16-14-11-4-3-9(13)6-12(11)15-16/h3-5,9H,6,8,16H2,1-2H3;3-4,6,8H,5,7H2,1-2H3. The molecular formula is C25H30Cl2N8O. The number of hydrogen-bond acceptors (Lipinski definition) is 7. The van der Waals surface area contributed by atoms with Crippen molar-refractivity contribution >= 4 is 51.1 Å². The van der Waals surface area contributed by atoms with Crippen molar-refractivity contribution < 1.29 is 4.79 Å². The van der Waals surface area contributed by atoms with Crippen molar-refractivity contribution in [2.75, 3.05) is 0 Å². The average Bonchev–Trinajstić information content (AvgIpc) is 3.34. The average molecular weight is 529 g/mol. The number of Topliss-reactive ketones (excluding diaryl/α,β-unsaturated/α-hetero) is 1. The van der Waals surface area contributed by atoms with E-state index in [-0.39, 0.29) is 18.9 Å². The number of ketones is 1. The van der Waals surface area contributed by atoms with Crippen molar-refractivity contribution in [1.29, 1.82) is 5.26 Å². The highest BCUT2D eigenvalue weighted by Crippen LogP contribution is 2.19. The Hall–Kier alpha value is -3.06. The zero-order valence-electron chi connectivity index (χ0n) is 20.8. The molecule has 9 nitrogen and oxygen atoms in total. The molecule has 0 aliphatic carbocycles. The minimum atomic E-state index is -0.951. The Morgan fingerprint density at radius 2 is 1.42 bits per heavy atom. The third-order valence-corrected chi connectivity index (χ3v) is 5.61. The fourth-order valence-corrected chi connectivity index (χ4v) is 4.14. The zero-order chi connectivity index (χ0) is 26.5. The lowest BCUT2D eigenvalue weighted by Gasteiger charge is -2.22. The molecule has 1 atom stereocenters. The second-order valence-electron chi connectivity index (χ2n) is 9.73. The van der Waals surface area contributed by atoms with Gasteiger partial charge in [-0.1, -0.05) is 50.9 Å². The number of nitrogens with two attached hydrogens (primary N) is 1. The quantitative estimate of drug-likeness (QED) is 0.338. The van der Waals surface area contributed by atoms with Crippen LogP contribution in [-0.2, 0) is 17.9 Å². The van der Waals surface area contributed by atoms with E-state index < -0.39 is 5.54 Å². The van der Waals surface area contributed by atoms with Crippen LogP contribution in [0.2, 0.25) is 10.0 Å². The van der Waals surface area contributed by atoms with Gasteiger partial charge in [0.15, 0.2) is 5.78 Å². The minimum Gasteiger partial charge on any atom is -0.312 e. The number of rotatable bonds is 8. The Morgan fingerprint density at radius 1 is 0.917 bits per heavy atom. The van der Waals surface area contributed by atoms with E-state index in [0.717, 1.165) is 16.6 Å². The number of halogens is 2. The van der Waals surface area contributed by atoms with Gasteiger partial charge in [0.2, 0.25) is 0 Å². The lowest BCUT2D eigenvalue weighted by Crippen LogP contribution is -2.44. The molecule has 2 aromatic heterocycles. The van der Waals surface area contributed by atoms with Crippen LogP contribution in [0.4, 0.5) is 0 Å². The molecule has 190 valence electrons. The first kappa shape index (κ1) is 27.5. The summed E-state index contributed by atoms with van der Waals surface area (Å²) < 4.78 is 0. The molecule has 2 N–H and O–H groups in total. The van der Waals surface area contributed by atoms with Gasteiger partial charge in [-0.05, 0) is 54.7 Å². The van der Waals surface area contributed by atoms with E-state index in [2.05, 4.69) is 26.5 Å². The van der Waals surface area contributed by atoms with Gasteiger partial charge in [-0.25, -0.2) is 0 Å². The summed E-state index contributed by atoms with van der Waals surface area (Å²) >= 11 is 11.8. The summed E-state index contributed by atoms with van der Waals surface area (Å²) in [5.41, 5.74) is 8.07. The first-order chi connectivity index (χ1) is 17.0. The predicted molar refractivity (Wildman–Crippen MR) is 142 cm³/mol. The van der Waals surface area contributed by atoms with Crippen LogP contribution in [0.15, 0.2) is 36.4 Å². The van der Waals surface area contributed by atoms with Gasteiger partial charge in [0.05, 0.1) is 12.6 Å².